The van der Waals surface area contributed by atoms with Crippen molar-refractivity contribution in [3.05, 3.63) is 58.4 Å². The van der Waals surface area contributed by atoms with Gasteiger partial charge in [0.15, 0.2) is 0 Å². The molecular formula is C14H11ClN2O3. The van der Waals surface area contributed by atoms with Gasteiger partial charge in [0.1, 0.15) is 0 Å². The van der Waals surface area contributed by atoms with E-state index in [1.54, 1.807) is 12.1 Å². The molecule has 0 aliphatic carbocycles. The van der Waals surface area contributed by atoms with Crippen LogP contribution in [0, 0.1) is 6.92 Å². The fourth-order valence-electron chi connectivity index (χ4n) is 1.59. The molecular weight excluding hydrogens is 280 g/mol. The molecule has 1 amide bonds. The van der Waals surface area contributed by atoms with Crippen molar-refractivity contribution in [3.63, 3.8) is 0 Å². The fraction of sp³-hybridized carbons (Fsp3) is 0.0714. The zero-order valence-electron chi connectivity index (χ0n) is 10.6. The van der Waals surface area contributed by atoms with Crippen molar-refractivity contribution in [2.45, 2.75) is 6.92 Å². The lowest BCUT2D eigenvalue weighted by Gasteiger charge is -2.07. The quantitative estimate of drug-likeness (QED) is 0.911. The van der Waals surface area contributed by atoms with Crippen molar-refractivity contribution in [2.75, 3.05) is 5.32 Å². The van der Waals surface area contributed by atoms with Crippen LogP contribution in [0.4, 0.5) is 5.69 Å². The molecule has 1 aromatic carbocycles. The lowest BCUT2D eigenvalue weighted by molar-refractivity contribution is 0.0696. The predicted molar refractivity (Wildman–Crippen MR) is 75.3 cm³/mol. The number of aromatic nitrogens is 1. The Morgan fingerprint density at radius 3 is 2.55 bits per heavy atom. The molecule has 0 spiro atoms. The van der Waals surface area contributed by atoms with Crippen molar-refractivity contribution in [3.8, 4) is 0 Å². The van der Waals surface area contributed by atoms with Crippen LogP contribution in [0.2, 0.25) is 5.02 Å². The second-order valence-corrected chi connectivity index (χ2v) is 4.61. The van der Waals surface area contributed by atoms with Crippen LogP contribution >= 0.6 is 11.6 Å². The van der Waals surface area contributed by atoms with E-state index in [2.05, 4.69) is 10.3 Å². The average molecular weight is 291 g/mol. The Morgan fingerprint density at radius 1 is 1.20 bits per heavy atom. The number of carboxylic acids is 1. The Morgan fingerprint density at radius 2 is 1.95 bits per heavy atom. The van der Waals surface area contributed by atoms with Gasteiger partial charge in [0, 0.05) is 22.6 Å². The molecule has 0 aliphatic rings. The SMILES string of the molecule is Cc1ccc(C(=O)Nc2cc(Cl)cc(C(=O)O)c2)cn1. The summed E-state index contributed by atoms with van der Waals surface area (Å²) in [4.78, 5) is 26.9. The van der Waals surface area contributed by atoms with Crippen LogP contribution < -0.4 is 5.32 Å². The monoisotopic (exact) mass is 290 g/mol. The van der Waals surface area contributed by atoms with E-state index < -0.39 is 5.97 Å². The fourth-order valence-corrected chi connectivity index (χ4v) is 1.83. The van der Waals surface area contributed by atoms with E-state index in [-0.39, 0.29) is 16.5 Å². The first kappa shape index (κ1) is 14.0. The molecule has 6 heteroatoms. The summed E-state index contributed by atoms with van der Waals surface area (Å²) in [6, 6.07) is 7.49. The molecule has 2 N–H and O–H groups in total. The van der Waals surface area contributed by atoms with Crippen LogP contribution in [0.3, 0.4) is 0 Å². The molecule has 102 valence electrons. The molecule has 0 aliphatic heterocycles. The van der Waals surface area contributed by atoms with Gasteiger partial charge in [0.05, 0.1) is 11.1 Å². The van der Waals surface area contributed by atoms with E-state index >= 15 is 0 Å². The molecule has 0 unspecified atom stereocenters. The lowest BCUT2D eigenvalue weighted by Crippen LogP contribution is -2.13. The number of carboxylic acid groups (broad SMARTS) is 1. The van der Waals surface area contributed by atoms with E-state index in [1.165, 1.54) is 24.4 Å². The number of hydrogen-bond acceptors (Lipinski definition) is 3. The van der Waals surface area contributed by atoms with E-state index in [0.717, 1.165) is 5.69 Å². The number of halogens is 1. The van der Waals surface area contributed by atoms with Gasteiger partial charge in [0.2, 0.25) is 0 Å². The van der Waals surface area contributed by atoms with Crippen molar-refractivity contribution in [1.29, 1.82) is 0 Å². The van der Waals surface area contributed by atoms with Gasteiger partial charge in [-0.05, 0) is 37.3 Å². The molecule has 0 saturated carbocycles. The van der Waals surface area contributed by atoms with Gasteiger partial charge in [0.25, 0.3) is 5.91 Å². The minimum absolute atomic E-state index is 0.00910. The highest BCUT2D eigenvalue weighted by atomic mass is 35.5. The number of aryl methyl sites for hydroxylation is 1. The summed E-state index contributed by atoms with van der Waals surface area (Å²) in [6.45, 7) is 1.82. The van der Waals surface area contributed by atoms with Crippen molar-refractivity contribution >= 4 is 29.2 Å². The summed E-state index contributed by atoms with van der Waals surface area (Å²) >= 11 is 5.82. The van der Waals surface area contributed by atoms with Gasteiger partial charge in [-0.2, -0.15) is 0 Å². The highest BCUT2D eigenvalue weighted by Gasteiger charge is 2.10. The van der Waals surface area contributed by atoms with Gasteiger partial charge < -0.3 is 10.4 Å². The Labute approximate surface area is 120 Å². The number of benzene rings is 1. The Kier molecular flexibility index (Phi) is 4.00. The van der Waals surface area contributed by atoms with Gasteiger partial charge in [-0.25, -0.2) is 4.79 Å². The number of carbonyl (C=O) groups excluding carboxylic acids is 1. The Balaban J connectivity index is 2.23. The standard InChI is InChI=1S/C14H11ClN2O3/c1-8-2-3-9(7-16-8)13(18)17-12-5-10(14(19)20)4-11(15)6-12/h2-7H,1H3,(H,17,18)(H,19,20). The molecule has 2 rings (SSSR count). The van der Waals surface area contributed by atoms with Crippen LogP contribution in [0.15, 0.2) is 36.5 Å². The summed E-state index contributed by atoms with van der Waals surface area (Å²) in [5.41, 5.74) is 1.51. The molecule has 5 nitrogen and oxygen atoms in total. The topological polar surface area (TPSA) is 79.3 Å². The second kappa shape index (κ2) is 5.71. The van der Waals surface area contributed by atoms with E-state index in [0.29, 0.717) is 11.3 Å². The molecule has 0 saturated heterocycles. The van der Waals surface area contributed by atoms with Crippen LogP contribution in [-0.2, 0) is 0 Å². The average Bonchev–Trinajstić information content (AvgIpc) is 2.38. The molecule has 20 heavy (non-hydrogen) atoms. The van der Waals surface area contributed by atoms with E-state index in [4.69, 9.17) is 16.7 Å². The molecule has 0 bridgehead atoms. The maximum atomic E-state index is 12.0. The lowest BCUT2D eigenvalue weighted by atomic mass is 10.2. The largest absolute Gasteiger partial charge is 0.478 e. The molecule has 0 radical (unpaired) electrons. The molecule has 2 aromatic rings. The van der Waals surface area contributed by atoms with Crippen LogP contribution in [0.25, 0.3) is 0 Å². The third kappa shape index (κ3) is 3.33. The summed E-state index contributed by atoms with van der Waals surface area (Å²) in [7, 11) is 0. The number of nitrogens with zero attached hydrogens (tertiary/aromatic N) is 1. The summed E-state index contributed by atoms with van der Waals surface area (Å²) in [6.07, 6.45) is 1.45. The smallest absolute Gasteiger partial charge is 0.335 e. The van der Waals surface area contributed by atoms with Gasteiger partial charge in [-0.1, -0.05) is 11.6 Å². The number of anilines is 1. The maximum Gasteiger partial charge on any atom is 0.335 e. The zero-order valence-corrected chi connectivity index (χ0v) is 11.3. The number of rotatable bonds is 3. The summed E-state index contributed by atoms with van der Waals surface area (Å²) in [5.74, 6) is -1.49. The zero-order chi connectivity index (χ0) is 14.7. The van der Waals surface area contributed by atoms with E-state index in [1.807, 2.05) is 6.92 Å². The van der Waals surface area contributed by atoms with Gasteiger partial charge >= 0.3 is 5.97 Å². The molecule has 0 atom stereocenters. The minimum Gasteiger partial charge on any atom is -0.478 e. The molecule has 1 aromatic heterocycles. The number of hydrogen-bond donors (Lipinski definition) is 2. The Bertz CT molecular complexity index is 669. The molecule has 0 fully saturated rings. The van der Waals surface area contributed by atoms with Crippen LogP contribution in [0.1, 0.15) is 26.4 Å². The molecule has 1 heterocycles. The third-order valence-electron chi connectivity index (χ3n) is 2.58. The number of amides is 1. The van der Waals surface area contributed by atoms with Crippen molar-refractivity contribution in [1.82, 2.24) is 4.98 Å². The highest BCUT2D eigenvalue weighted by Crippen LogP contribution is 2.19. The third-order valence-corrected chi connectivity index (χ3v) is 2.79. The van der Waals surface area contributed by atoms with Crippen LogP contribution in [0.5, 0.6) is 0 Å². The first-order valence-electron chi connectivity index (χ1n) is 5.73. The number of pyridine rings is 1. The summed E-state index contributed by atoms with van der Waals surface area (Å²) < 4.78 is 0. The first-order chi connectivity index (χ1) is 9.45. The number of nitrogens with one attached hydrogen (secondary N) is 1. The predicted octanol–water partition coefficient (Wildman–Crippen LogP) is 2.99. The maximum absolute atomic E-state index is 12.0. The van der Waals surface area contributed by atoms with Crippen LogP contribution in [-0.4, -0.2) is 22.0 Å². The van der Waals surface area contributed by atoms with Crippen molar-refractivity contribution in [2.24, 2.45) is 0 Å². The first-order valence-corrected chi connectivity index (χ1v) is 6.11. The second-order valence-electron chi connectivity index (χ2n) is 4.18. The number of carbonyl (C=O) groups is 2. The van der Waals surface area contributed by atoms with Gasteiger partial charge in [-0.3, -0.25) is 9.78 Å². The summed E-state index contributed by atoms with van der Waals surface area (Å²) in [5, 5.41) is 11.8. The Hall–Kier alpha value is -2.40. The normalized spacial score (nSPS) is 10.1. The highest BCUT2D eigenvalue weighted by molar-refractivity contribution is 6.31. The number of aromatic carboxylic acids is 1. The van der Waals surface area contributed by atoms with E-state index in [9.17, 15) is 9.59 Å². The van der Waals surface area contributed by atoms with Crippen molar-refractivity contribution < 1.29 is 14.7 Å². The minimum atomic E-state index is -1.11. The van der Waals surface area contributed by atoms with Gasteiger partial charge in [-0.15, -0.1) is 0 Å².